The van der Waals surface area contributed by atoms with Crippen molar-refractivity contribution >= 4 is 23.0 Å². The van der Waals surface area contributed by atoms with Crippen molar-refractivity contribution in [3.05, 3.63) is 23.3 Å². The van der Waals surface area contributed by atoms with E-state index in [0.29, 0.717) is 0 Å². The Kier molecular flexibility index (Phi) is 1.86. The van der Waals surface area contributed by atoms with Crippen LogP contribution in [0.15, 0.2) is 12.1 Å². The summed E-state index contributed by atoms with van der Waals surface area (Å²) in [5, 5.41) is 27.0. The number of hydrogen-bond donors (Lipinski definition) is 3. The van der Waals surface area contributed by atoms with E-state index in [1.54, 1.807) is 0 Å². The van der Waals surface area contributed by atoms with Crippen molar-refractivity contribution in [2.75, 3.05) is 0 Å². The van der Waals surface area contributed by atoms with Gasteiger partial charge in [-0.25, -0.2) is 9.59 Å². The van der Waals surface area contributed by atoms with Crippen LogP contribution in [0.3, 0.4) is 0 Å². The van der Waals surface area contributed by atoms with E-state index >= 15 is 0 Å². The van der Waals surface area contributed by atoms with Gasteiger partial charge in [0.1, 0.15) is 11.0 Å². The molecule has 3 N–H and O–H groups in total. The van der Waals surface area contributed by atoms with Crippen molar-refractivity contribution in [2.45, 2.75) is 0 Å². The highest BCUT2D eigenvalue weighted by Crippen LogP contribution is 2.18. The van der Waals surface area contributed by atoms with Gasteiger partial charge in [0.2, 0.25) is 0 Å². The second-order valence-electron chi connectivity index (χ2n) is 2.79. The average Bonchev–Trinajstić information content (AvgIpc) is 2.63. The van der Waals surface area contributed by atoms with Gasteiger partial charge in [0.15, 0.2) is 0 Å². The molecule has 0 fully saturated rings. The molecule has 0 aliphatic rings. The zero-order valence-corrected chi connectivity index (χ0v) is 7.26. The standard InChI is InChI=1S/C8H5N3O4/c12-7(13)3-1-2-4(8(14)15)6-5(3)9-11-10-6/h1-2H,(H,12,13)(H,14,15)(H,9,10,11). The maximum atomic E-state index is 10.8. The second kappa shape index (κ2) is 3.05. The van der Waals surface area contributed by atoms with Crippen LogP contribution in [0.2, 0.25) is 0 Å². The summed E-state index contributed by atoms with van der Waals surface area (Å²) in [5.41, 5.74) is -0.0719. The maximum Gasteiger partial charge on any atom is 0.338 e. The molecule has 0 aliphatic carbocycles. The summed E-state index contributed by atoms with van der Waals surface area (Å²) in [4.78, 5) is 21.5. The van der Waals surface area contributed by atoms with E-state index in [1.165, 1.54) is 12.1 Å². The van der Waals surface area contributed by atoms with Crippen LogP contribution in [0.5, 0.6) is 0 Å². The average molecular weight is 207 g/mol. The summed E-state index contributed by atoms with van der Waals surface area (Å²) >= 11 is 0. The first-order valence-corrected chi connectivity index (χ1v) is 3.91. The number of aromatic amines is 1. The monoisotopic (exact) mass is 207 g/mol. The molecule has 0 amide bonds. The molecule has 2 rings (SSSR count). The van der Waals surface area contributed by atoms with Gasteiger partial charge >= 0.3 is 11.9 Å². The van der Waals surface area contributed by atoms with E-state index in [-0.39, 0.29) is 22.2 Å². The van der Waals surface area contributed by atoms with Gasteiger partial charge in [-0.1, -0.05) is 0 Å². The molecule has 0 unspecified atom stereocenters. The van der Waals surface area contributed by atoms with Gasteiger partial charge < -0.3 is 10.2 Å². The number of hydrogen-bond acceptors (Lipinski definition) is 4. The van der Waals surface area contributed by atoms with Gasteiger partial charge in [0, 0.05) is 0 Å². The molecule has 1 aromatic heterocycles. The van der Waals surface area contributed by atoms with Crippen molar-refractivity contribution in [3.8, 4) is 0 Å². The van der Waals surface area contributed by atoms with E-state index in [4.69, 9.17) is 10.2 Å². The molecule has 0 bridgehead atoms. The largest absolute Gasteiger partial charge is 0.478 e. The van der Waals surface area contributed by atoms with Crippen molar-refractivity contribution in [3.63, 3.8) is 0 Å². The van der Waals surface area contributed by atoms with Gasteiger partial charge in [0.05, 0.1) is 11.1 Å². The first kappa shape index (κ1) is 9.13. The van der Waals surface area contributed by atoms with E-state index in [9.17, 15) is 9.59 Å². The number of nitrogens with one attached hydrogen (secondary N) is 1. The molecule has 1 aromatic carbocycles. The Labute approximate surface area is 82.3 Å². The molecule has 15 heavy (non-hydrogen) atoms. The lowest BCUT2D eigenvalue weighted by Crippen LogP contribution is -2.02. The van der Waals surface area contributed by atoms with Crippen LogP contribution in [0.1, 0.15) is 20.7 Å². The lowest BCUT2D eigenvalue weighted by atomic mass is 10.1. The molecule has 1 heterocycles. The molecular formula is C8H5N3O4. The number of benzene rings is 1. The Bertz CT molecular complexity index is 512. The predicted octanol–water partition coefficient (Wildman–Crippen LogP) is 0.354. The highest BCUT2D eigenvalue weighted by atomic mass is 16.4. The van der Waals surface area contributed by atoms with Gasteiger partial charge in [-0.3, -0.25) is 0 Å². The Hall–Kier alpha value is -2.44. The van der Waals surface area contributed by atoms with Gasteiger partial charge in [-0.15, -0.1) is 0 Å². The van der Waals surface area contributed by atoms with Crippen molar-refractivity contribution < 1.29 is 19.8 Å². The van der Waals surface area contributed by atoms with E-state index < -0.39 is 11.9 Å². The Morgan fingerprint density at radius 3 is 1.73 bits per heavy atom. The topological polar surface area (TPSA) is 116 Å². The zero-order valence-electron chi connectivity index (χ0n) is 7.26. The van der Waals surface area contributed by atoms with E-state index in [0.717, 1.165) is 0 Å². The third-order valence-corrected chi connectivity index (χ3v) is 1.94. The zero-order chi connectivity index (χ0) is 11.0. The molecular weight excluding hydrogens is 202 g/mol. The van der Waals surface area contributed by atoms with Crippen molar-refractivity contribution in [1.29, 1.82) is 0 Å². The molecule has 0 spiro atoms. The maximum absolute atomic E-state index is 10.8. The first-order chi connectivity index (χ1) is 7.11. The fraction of sp³-hybridized carbons (Fsp3) is 0. The molecule has 0 saturated carbocycles. The summed E-state index contributed by atoms with van der Waals surface area (Å²) in [6.07, 6.45) is 0. The lowest BCUT2D eigenvalue weighted by Gasteiger charge is -1.97. The molecule has 7 heteroatoms. The van der Waals surface area contributed by atoms with Crippen LogP contribution in [-0.4, -0.2) is 37.6 Å². The fourth-order valence-corrected chi connectivity index (χ4v) is 1.28. The van der Waals surface area contributed by atoms with Crippen LogP contribution in [0.25, 0.3) is 11.0 Å². The number of carboxylic acid groups (broad SMARTS) is 2. The molecule has 0 atom stereocenters. The molecule has 0 aliphatic heterocycles. The number of aromatic carboxylic acids is 2. The number of rotatable bonds is 2. The normalized spacial score (nSPS) is 10.4. The van der Waals surface area contributed by atoms with Gasteiger partial charge in [-0.05, 0) is 12.1 Å². The Balaban J connectivity index is 2.82. The number of fused-ring (bicyclic) bond motifs is 1. The van der Waals surface area contributed by atoms with Crippen LogP contribution < -0.4 is 0 Å². The van der Waals surface area contributed by atoms with Crippen LogP contribution >= 0.6 is 0 Å². The molecule has 2 aromatic rings. The minimum atomic E-state index is -1.18. The summed E-state index contributed by atoms with van der Waals surface area (Å²) < 4.78 is 0. The molecule has 0 saturated heterocycles. The predicted molar refractivity (Wildman–Crippen MR) is 47.8 cm³/mol. The van der Waals surface area contributed by atoms with Crippen molar-refractivity contribution in [2.24, 2.45) is 0 Å². The van der Waals surface area contributed by atoms with Gasteiger partial charge in [-0.2, -0.15) is 15.4 Å². The summed E-state index contributed by atoms with van der Waals surface area (Å²) in [5.74, 6) is -2.35. The highest BCUT2D eigenvalue weighted by molar-refractivity contribution is 6.07. The minimum absolute atomic E-state index is 0.0439. The van der Waals surface area contributed by atoms with Crippen LogP contribution in [0.4, 0.5) is 0 Å². The quantitative estimate of drug-likeness (QED) is 0.654. The number of nitrogens with zero attached hydrogens (tertiary/aromatic N) is 2. The summed E-state index contributed by atoms with van der Waals surface area (Å²) in [6.45, 7) is 0. The third kappa shape index (κ3) is 1.30. The summed E-state index contributed by atoms with van der Waals surface area (Å²) in [6, 6.07) is 2.38. The van der Waals surface area contributed by atoms with E-state index in [1.807, 2.05) is 0 Å². The number of carboxylic acids is 2. The van der Waals surface area contributed by atoms with Crippen molar-refractivity contribution in [1.82, 2.24) is 15.4 Å². The number of H-pyrrole nitrogens is 1. The van der Waals surface area contributed by atoms with Crippen LogP contribution in [-0.2, 0) is 0 Å². The minimum Gasteiger partial charge on any atom is -0.478 e. The number of aromatic nitrogens is 3. The first-order valence-electron chi connectivity index (χ1n) is 3.91. The van der Waals surface area contributed by atoms with Gasteiger partial charge in [0.25, 0.3) is 0 Å². The molecule has 7 nitrogen and oxygen atoms in total. The summed E-state index contributed by atoms with van der Waals surface area (Å²) in [7, 11) is 0. The van der Waals surface area contributed by atoms with E-state index in [2.05, 4.69) is 15.4 Å². The smallest absolute Gasteiger partial charge is 0.338 e. The Morgan fingerprint density at radius 2 is 1.40 bits per heavy atom. The second-order valence-corrected chi connectivity index (χ2v) is 2.79. The lowest BCUT2D eigenvalue weighted by molar-refractivity contribution is 0.0684. The SMILES string of the molecule is O=C(O)c1ccc(C(=O)O)c2n[nH]nc12. The fourth-order valence-electron chi connectivity index (χ4n) is 1.28. The number of carbonyl (C=O) groups is 2. The Morgan fingerprint density at radius 1 is 1.00 bits per heavy atom. The molecule has 0 radical (unpaired) electrons. The molecule has 76 valence electrons. The van der Waals surface area contributed by atoms with Crippen LogP contribution in [0, 0.1) is 0 Å². The third-order valence-electron chi connectivity index (χ3n) is 1.94. The highest BCUT2D eigenvalue weighted by Gasteiger charge is 2.17.